The van der Waals surface area contributed by atoms with Gasteiger partial charge in [-0.1, -0.05) is 12.1 Å². The third-order valence-corrected chi connectivity index (χ3v) is 8.92. The molecular weight excluding hydrogens is 598 g/mol. The summed E-state index contributed by atoms with van der Waals surface area (Å²) in [6, 6.07) is 10.8. The number of amides is 3. The monoisotopic (exact) mass is 638 g/mol. The van der Waals surface area contributed by atoms with Crippen molar-refractivity contribution in [2.45, 2.75) is 76.5 Å². The molecule has 1 aliphatic carbocycles. The van der Waals surface area contributed by atoms with E-state index in [9.17, 15) is 33.1 Å². The van der Waals surface area contributed by atoms with Crippen molar-refractivity contribution in [1.82, 2.24) is 15.2 Å². The van der Waals surface area contributed by atoms with E-state index in [1.807, 2.05) is 0 Å². The van der Waals surface area contributed by atoms with Crippen LogP contribution in [0.3, 0.4) is 0 Å². The summed E-state index contributed by atoms with van der Waals surface area (Å²) in [4.78, 5) is 56.0. The van der Waals surface area contributed by atoms with Crippen molar-refractivity contribution in [3.8, 4) is 0 Å². The summed E-state index contributed by atoms with van der Waals surface area (Å²) in [7, 11) is 0. The van der Waals surface area contributed by atoms with E-state index in [1.165, 1.54) is 18.2 Å². The van der Waals surface area contributed by atoms with Gasteiger partial charge in [-0.3, -0.25) is 9.59 Å². The number of halogens is 2. The molecular formula is C34H40F2N4O6. The number of carbonyl (C=O) groups excluding carboxylic acids is 3. The number of benzene rings is 2. The maximum absolute atomic E-state index is 14.0. The highest BCUT2D eigenvalue weighted by molar-refractivity contribution is 6.01. The summed E-state index contributed by atoms with van der Waals surface area (Å²) in [6.45, 7) is 4.79. The molecule has 46 heavy (non-hydrogen) atoms. The highest BCUT2D eigenvalue weighted by Gasteiger charge is 2.45. The molecule has 246 valence electrons. The van der Waals surface area contributed by atoms with Crippen LogP contribution in [0.15, 0.2) is 48.5 Å². The lowest BCUT2D eigenvalue weighted by molar-refractivity contribution is -0.141. The molecule has 1 aromatic heterocycles. The second-order valence-electron chi connectivity index (χ2n) is 13.2. The Labute approximate surface area is 265 Å². The minimum absolute atomic E-state index is 0.0237. The lowest BCUT2D eigenvalue weighted by Crippen LogP contribution is -2.49. The third-order valence-electron chi connectivity index (χ3n) is 8.92. The Hall–Kier alpha value is -4.48. The van der Waals surface area contributed by atoms with Crippen LogP contribution >= 0.6 is 0 Å². The largest absolute Gasteiger partial charge is 0.477 e. The van der Waals surface area contributed by atoms with Crippen LogP contribution in [0.5, 0.6) is 0 Å². The van der Waals surface area contributed by atoms with Gasteiger partial charge in [-0.25, -0.2) is 18.4 Å². The number of fused-ring (bicyclic) bond motifs is 1. The Morgan fingerprint density at radius 1 is 1.02 bits per heavy atom. The summed E-state index contributed by atoms with van der Waals surface area (Å²) in [5, 5.41) is 15.5. The van der Waals surface area contributed by atoms with Gasteiger partial charge < -0.3 is 30.4 Å². The number of nitrogens with one attached hydrogen (secondary N) is 3. The highest BCUT2D eigenvalue weighted by Crippen LogP contribution is 2.39. The molecule has 0 bridgehead atoms. The van der Waals surface area contributed by atoms with Crippen molar-refractivity contribution >= 4 is 40.5 Å². The molecule has 2 fully saturated rings. The number of aromatic carboxylic acids is 1. The summed E-state index contributed by atoms with van der Waals surface area (Å²) in [5.41, 5.74) is 1.10. The van der Waals surface area contributed by atoms with Crippen molar-refractivity contribution in [3.05, 3.63) is 65.6 Å². The number of carbonyl (C=O) groups is 4. The normalized spacial score (nSPS) is 22.3. The first kappa shape index (κ1) is 32.9. The van der Waals surface area contributed by atoms with Crippen LogP contribution in [0, 0.1) is 17.7 Å². The van der Waals surface area contributed by atoms with Gasteiger partial charge in [0.05, 0.1) is 6.04 Å². The van der Waals surface area contributed by atoms with Gasteiger partial charge in [0.2, 0.25) is 11.8 Å². The van der Waals surface area contributed by atoms with Gasteiger partial charge in [-0.2, -0.15) is 0 Å². The number of alkyl carbamates (subject to hydrolysis) is 1. The molecule has 3 atom stereocenters. The van der Waals surface area contributed by atoms with Crippen molar-refractivity contribution in [3.63, 3.8) is 0 Å². The fraction of sp³-hybridized carbons (Fsp3) is 0.471. The Morgan fingerprint density at radius 3 is 2.35 bits per heavy atom. The number of rotatable bonds is 8. The van der Waals surface area contributed by atoms with Crippen molar-refractivity contribution in [1.29, 1.82) is 0 Å². The minimum atomic E-state index is -1.10. The number of anilines is 1. The zero-order valence-electron chi connectivity index (χ0n) is 26.1. The molecule has 0 spiro atoms. The van der Waals surface area contributed by atoms with Gasteiger partial charge in [-0.05, 0) is 101 Å². The van der Waals surface area contributed by atoms with Crippen LogP contribution in [0.25, 0.3) is 10.9 Å². The standard InChI is InChI=1S/C34H40F2N4O6/c1-34(2,3)46-33(45)39-28(18-35)20-4-6-21(7-5-20)31(42)40-15-14-25(19-8-10-23(36)11-9-19)29(40)30(41)37-24-12-13-26-22(16-24)17-27(38-26)32(43)44/h8-13,16-17,20-21,25,28-29,38H,4-7,14-15,18H2,1-3H3,(H,37,41)(H,39,45)(H,43,44)/t20?,21?,25-,28?,29-/m0/s1. The number of carboxylic acids is 1. The zero-order valence-corrected chi connectivity index (χ0v) is 26.1. The summed E-state index contributed by atoms with van der Waals surface area (Å²) in [5.74, 6) is -2.96. The van der Waals surface area contributed by atoms with Gasteiger partial charge in [-0.15, -0.1) is 0 Å². The van der Waals surface area contributed by atoms with E-state index in [0.717, 1.165) is 5.56 Å². The number of ether oxygens (including phenoxy) is 1. The van der Waals surface area contributed by atoms with Crippen LogP contribution in [0.2, 0.25) is 0 Å². The number of aromatic amines is 1. The topological polar surface area (TPSA) is 141 Å². The number of likely N-dealkylation sites (tertiary alicyclic amines) is 1. The lowest BCUT2D eigenvalue weighted by atomic mass is 9.78. The molecule has 4 N–H and O–H groups in total. The molecule has 3 amide bonds. The molecule has 2 aromatic carbocycles. The van der Waals surface area contributed by atoms with Gasteiger partial charge in [0.15, 0.2) is 0 Å². The maximum Gasteiger partial charge on any atom is 0.407 e. The van der Waals surface area contributed by atoms with Crippen LogP contribution in [0.4, 0.5) is 19.3 Å². The Morgan fingerprint density at radius 2 is 1.72 bits per heavy atom. The predicted molar refractivity (Wildman–Crippen MR) is 168 cm³/mol. The number of hydrogen-bond donors (Lipinski definition) is 4. The number of aromatic nitrogens is 1. The second kappa shape index (κ2) is 13.5. The van der Waals surface area contributed by atoms with E-state index >= 15 is 0 Å². The van der Waals surface area contributed by atoms with Crippen molar-refractivity contribution in [2.24, 2.45) is 11.8 Å². The van der Waals surface area contributed by atoms with Crippen LogP contribution in [-0.4, -0.2) is 69.8 Å². The van der Waals surface area contributed by atoms with Crippen molar-refractivity contribution < 1.29 is 37.8 Å². The molecule has 3 aromatic rings. The van der Waals surface area contributed by atoms with Crippen LogP contribution < -0.4 is 10.6 Å². The lowest BCUT2D eigenvalue weighted by Gasteiger charge is -2.36. The van der Waals surface area contributed by atoms with E-state index in [4.69, 9.17) is 4.74 Å². The quantitative estimate of drug-likeness (QED) is 0.239. The highest BCUT2D eigenvalue weighted by atomic mass is 19.1. The molecule has 5 rings (SSSR count). The maximum atomic E-state index is 14.0. The number of H-pyrrole nitrogens is 1. The van der Waals surface area contributed by atoms with Gasteiger partial charge in [0, 0.05) is 35.0 Å². The number of alkyl halides is 1. The average molecular weight is 639 g/mol. The Kier molecular flexibility index (Phi) is 9.64. The first-order chi connectivity index (χ1) is 21.8. The third kappa shape index (κ3) is 7.48. The SMILES string of the molecule is CC(C)(C)OC(=O)NC(CF)C1CCC(C(=O)N2CC[C@@H](c3ccc(F)cc3)[C@H]2C(=O)Nc2ccc3[nH]c(C(=O)O)cc3c2)CC1. The van der Waals surface area contributed by atoms with Crippen molar-refractivity contribution in [2.75, 3.05) is 18.5 Å². The smallest absolute Gasteiger partial charge is 0.407 e. The van der Waals surface area contributed by atoms with E-state index in [-0.39, 0.29) is 29.4 Å². The molecule has 1 aliphatic heterocycles. The van der Waals surface area contributed by atoms with E-state index in [1.54, 1.807) is 56.0 Å². The van der Waals surface area contributed by atoms with E-state index in [2.05, 4.69) is 15.6 Å². The molecule has 1 saturated carbocycles. The first-order valence-corrected chi connectivity index (χ1v) is 15.6. The number of hydrogen-bond acceptors (Lipinski definition) is 5. The van der Waals surface area contributed by atoms with Crippen LogP contribution in [-0.2, 0) is 14.3 Å². The molecule has 10 nitrogen and oxygen atoms in total. The molecule has 0 radical (unpaired) electrons. The Balaban J connectivity index is 1.30. The molecule has 1 saturated heterocycles. The minimum Gasteiger partial charge on any atom is -0.477 e. The van der Waals surface area contributed by atoms with Gasteiger partial charge in [0.25, 0.3) is 0 Å². The van der Waals surface area contributed by atoms with E-state index in [0.29, 0.717) is 55.2 Å². The number of nitrogens with zero attached hydrogens (tertiary/aromatic N) is 1. The average Bonchev–Trinajstić information content (AvgIpc) is 3.64. The molecule has 1 unspecified atom stereocenters. The predicted octanol–water partition coefficient (Wildman–Crippen LogP) is 6.00. The fourth-order valence-electron chi connectivity index (χ4n) is 6.71. The summed E-state index contributed by atoms with van der Waals surface area (Å²) >= 11 is 0. The van der Waals surface area contributed by atoms with E-state index < -0.39 is 48.1 Å². The summed E-state index contributed by atoms with van der Waals surface area (Å²) in [6.07, 6.45) is 1.86. The zero-order chi connectivity index (χ0) is 33.2. The summed E-state index contributed by atoms with van der Waals surface area (Å²) < 4.78 is 33.0. The molecule has 2 heterocycles. The molecule has 2 aliphatic rings. The molecule has 12 heteroatoms. The number of carboxylic acid groups (broad SMARTS) is 1. The Bertz CT molecular complexity index is 1590. The second-order valence-corrected chi connectivity index (χ2v) is 13.2. The first-order valence-electron chi connectivity index (χ1n) is 15.6. The van der Waals surface area contributed by atoms with Gasteiger partial charge in [0.1, 0.15) is 29.8 Å². The van der Waals surface area contributed by atoms with Crippen LogP contribution in [0.1, 0.15) is 74.8 Å². The fourth-order valence-corrected chi connectivity index (χ4v) is 6.71. The van der Waals surface area contributed by atoms with Gasteiger partial charge >= 0.3 is 12.1 Å².